The van der Waals surface area contributed by atoms with Crippen molar-refractivity contribution in [3.8, 4) is 0 Å². The molecule has 4 atom stereocenters. The lowest BCUT2D eigenvalue weighted by atomic mass is 9.75. The Hall–Kier alpha value is -0.840. The van der Waals surface area contributed by atoms with Gasteiger partial charge < -0.3 is 9.47 Å². The van der Waals surface area contributed by atoms with E-state index in [1.165, 1.54) is 6.42 Å². The van der Waals surface area contributed by atoms with Crippen molar-refractivity contribution >= 4 is 8.25 Å². The molecule has 2 unspecified atom stereocenters. The second-order valence-electron chi connectivity index (χ2n) is 7.83. The maximum atomic E-state index is 12.4. The van der Waals surface area contributed by atoms with Crippen molar-refractivity contribution in [2.75, 3.05) is 13.2 Å². The van der Waals surface area contributed by atoms with Crippen molar-refractivity contribution in [1.29, 1.82) is 0 Å². The Kier molecular flexibility index (Phi) is 7.19. The first-order valence-electron chi connectivity index (χ1n) is 9.62. The lowest BCUT2D eigenvalue weighted by molar-refractivity contribution is -0.216. The minimum Gasteiger partial charge on any atom is -0.345 e. The molecule has 5 nitrogen and oxygen atoms in total. The summed E-state index contributed by atoms with van der Waals surface area (Å²) in [6.45, 7) is 7.33. The molecule has 1 aromatic rings. The molecule has 0 bridgehead atoms. The van der Waals surface area contributed by atoms with Crippen molar-refractivity contribution in [3.05, 3.63) is 35.9 Å². The summed E-state index contributed by atoms with van der Waals surface area (Å²) < 4.78 is 35.2. The van der Waals surface area contributed by atoms with E-state index < -0.39 is 8.25 Å². The van der Waals surface area contributed by atoms with E-state index in [-0.39, 0.29) is 18.5 Å². The van der Waals surface area contributed by atoms with Gasteiger partial charge in [0.25, 0.3) is 0 Å². The van der Waals surface area contributed by atoms with Gasteiger partial charge in [-0.2, -0.15) is 0 Å². The van der Waals surface area contributed by atoms with Crippen molar-refractivity contribution < 1.29 is 23.1 Å². The third-order valence-electron chi connectivity index (χ3n) is 5.36. The fourth-order valence-electron chi connectivity index (χ4n) is 3.84. The predicted octanol–water partition coefficient (Wildman–Crippen LogP) is 5.25. The fraction of sp³-hybridized carbons (Fsp3) is 0.700. The molecular formula is C20H30O5P+. The Morgan fingerprint density at radius 1 is 1.08 bits per heavy atom. The molecule has 1 saturated heterocycles. The lowest BCUT2D eigenvalue weighted by Crippen LogP contribution is -2.34. The first-order chi connectivity index (χ1) is 12.5. The lowest BCUT2D eigenvalue weighted by Gasteiger charge is -2.33. The molecule has 2 aliphatic rings. The number of hydrogen-bond donors (Lipinski definition) is 0. The maximum absolute atomic E-state index is 12.4. The monoisotopic (exact) mass is 381 g/mol. The molecule has 6 heteroatoms. The van der Waals surface area contributed by atoms with Crippen LogP contribution in [-0.4, -0.2) is 25.4 Å². The molecule has 0 amide bonds. The van der Waals surface area contributed by atoms with Crippen LogP contribution in [0.4, 0.5) is 0 Å². The minimum absolute atomic E-state index is 0.00450. The highest BCUT2D eigenvalue weighted by molar-refractivity contribution is 7.33. The fourth-order valence-corrected chi connectivity index (χ4v) is 4.72. The molecule has 26 heavy (non-hydrogen) atoms. The summed E-state index contributed by atoms with van der Waals surface area (Å²) in [5.41, 5.74) is 0.975. The number of benzene rings is 1. The minimum atomic E-state index is -2.18. The second kappa shape index (κ2) is 9.38. The molecular weight excluding hydrogens is 351 g/mol. The van der Waals surface area contributed by atoms with Gasteiger partial charge in [0.2, 0.25) is 0 Å². The quantitative estimate of drug-likeness (QED) is 0.630. The summed E-state index contributed by atoms with van der Waals surface area (Å²) in [5, 5.41) is 0. The Morgan fingerprint density at radius 3 is 2.42 bits per heavy atom. The zero-order valence-electron chi connectivity index (χ0n) is 15.9. The molecule has 0 N–H and O–H groups in total. The van der Waals surface area contributed by atoms with Crippen LogP contribution < -0.4 is 0 Å². The van der Waals surface area contributed by atoms with Gasteiger partial charge in [0.05, 0.1) is 13.2 Å². The zero-order valence-corrected chi connectivity index (χ0v) is 16.8. The number of ether oxygens (including phenoxy) is 2. The normalized spacial score (nSPS) is 33.2. The Morgan fingerprint density at radius 2 is 1.77 bits per heavy atom. The summed E-state index contributed by atoms with van der Waals surface area (Å²) >= 11 is 0. The summed E-state index contributed by atoms with van der Waals surface area (Å²) in [7, 11) is -2.18. The van der Waals surface area contributed by atoms with Crippen LogP contribution in [-0.2, 0) is 23.1 Å². The van der Waals surface area contributed by atoms with Gasteiger partial charge in [-0.25, -0.2) is 0 Å². The van der Waals surface area contributed by atoms with Crippen molar-refractivity contribution in [1.82, 2.24) is 0 Å². The molecule has 0 spiro atoms. The Bertz CT molecular complexity index is 571. The highest BCUT2D eigenvalue weighted by atomic mass is 31.1. The largest absolute Gasteiger partial charge is 0.698 e. The molecule has 3 rings (SSSR count). The summed E-state index contributed by atoms with van der Waals surface area (Å²) in [6.07, 6.45) is 2.54. The number of rotatable bonds is 6. The number of hydrogen-bond acceptors (Lipinski definition) is 5. The zero-order chi connectivity index (χ0) is 18.5. The van der Waals surface area contributed by atoms with Crippen molar-refractivity contribution in [3.63, 3.8) is 0 Å². The van der Waals surface area contributed by atoms with E-state index in [0.29, 0.717) is 31.0 Å². The molecule has 0 aromatic heterocycles. The standard InChI is InChI=1S/C20H30O5P/c1-14(2)18-10-9-15(3)11-19(18)25-26(21)24-17-12-22-20(23-13-17)16-7-5-4-6-8-16/h4-8,14-15,17-20H,9-13H2,1-3H3/q+1/t15-,17?,18+,19?,20?/m1/s1. The van der Waals surface area contributed by atoms with E-state index >= 15 is 0 Å². The Balaban J connectivity index is 1.46. The smallest absolute Gasteiger partial charge is 0.345 e. The van der Waals surface area contributed by atoms with Crippen molar-refractivity contribution in [2.24, 2.45) is 17.8 Å². The van der Waals surface area contributed by atoms with E-state index in [2.05, 4.69) is 20.8 Å². The van der Waals surface area contributed by atoms with Crippen molar-refractivity contribution in [2.45, 2.75) is 58.5 Å². The maximum Gasteiger partial charge on any atom is 0.698 e. The topological polar surface area (TPSA) is 54.0 Å². The third kappa shape index (κ3) is 5.34. The summed E-state index contributed by atoms with van der Waals surface area (Å²) in [6, 6.07) is 9.78. The van der Waals surface area contributed by atoms with E-state index in [4.69, 9.17) is 18.5 Å². The molecule has 1 heterocycles. The third-order valence-corrected chi connectivity index (χ3v) is 6.27. The van der Waals surface area contributed by atoms with Crippen LogP contribution in [0.5, 0.6) is 0 Å². The molecule has 0 radical (unpaired) electrons. The molecule has 1 saturated carbocycles. The van der Waals surface area contributed by atoms with Crippen LogP contribution in [0.25, 0.3) is 0 Å². The van der Waals surface area contributed by atoms with E-state index in [9.17, 15) is 4.57 Å². The molecule has 1 aliphatic carbocycles. The van der Waals surface area contributed by atoms with Crippen LogP contribution in [0.2, 0.25) is 0 Å². The molecule has 1 aromatic carbocycles. The molecule has 144 valence electrons. The van der Waals surface area contributed by atoms with E-state index in [1.54, 1.807) is 0 Å². The van der Waals surface area contributed by atoms with Gasteiger partial charge in [0.1, 0.15) is 6.10 Å². The second-order valence-corrected chi connectivity index (χ2v) is 8.70. The van der Waals surface area contributed by atoms with Gasteiger partial charge in [0, 0.05) is 10.1 Å². The van der Waals surface area contributed by atoms with Gasteiger partial charge in [-0.05, 0) is 30.6 Å². The highest BCUT2D eigenvalue weighted by Crippen LogP contribution is 2.41. The van der Waals surface area contributed by atoms with Gasteiger partial charge in [-0.3, -0.25) is 0 Å². The average molecular weight is 381 g/mol. The average Bonchev–Trinajstić information content (AvgIpc) is 2.63. The van der Waals surface area contributed by atoms with Crippen LogP contribution in [0.15, 0.2) is 30.3 Å². The first-order valence-corrected chi connectivity index (χ1v) is 10.7. The van der Waals surface area contributed by atoms with Gasteiger partial charge in [-0.15, -0.1) is 9.05 Å². The Labute approximate surface area is 157 Å². The summed E-state index contributed by atoms with van der Waals surface area (Å²) in [4.78, 5) is 0. The van der Waals surface area contributed by atoms with Gasteiger partial charge >= 0.3 is 8.25 Å². The van der Waals surface area contributed by atoms with Gasteiger partial charge in [0.15, 0.2) is 12.4 Å². The van der Waals surface area contributed by atoms with E-state index in [0.717, 1.165) is 18.4 Å². The summed E-state index contributed by atoms with van der Waals surface area (Å²) in [5.74, 6) is 1.56. The van der Waals surface area contributed by atoms with Crippen LogP contribution in [0.3, 0.4) is 0 Å². The van der Waals surface area contributed by atoms with Crippen LogP contribution >= 0.6 is 8.25 Å². The van der Waals surface area contributed by atoms with Gasteiger partial charge in [-0.1, -0.05) is 57.5 Å². The van der Waals surface area contributed by atoms with Crippen LogP contribution in [0.1, 0.15) is 51.9 Å². The SMILES string of the molecule is CC(C)[C@@H]1CC[C@@H](C)CC1O[P+](=O)OC1COC(c2ccccc2)OC1. The van der Waals surface area contributed by atoms with E-state index in [1.807, 2.05) is 30.3 Å². The van der Waals surface area contributed by atoms with Crippen LogP contribution in [0, 0.1) is 17.8 Å². The predicted molar refractivity (Wildman–Crippen MR) is 99.8 cm³/mol. The molecule has 2 fully saturated rings. The highest BCUT2D eigenvalue weighted by Gasteiger charge is 2.40. The molecule has 1 aliphatic heterocycles. The first kappa shape index (κ1) is 19.9.